The number of ether oxygens (including phenoxy) is 1. The van der Waals surface area contributed by atoms with Crippen molar-refractivity contribution < 1.29 is 19.7 Å². The standard InChI is InChI=1S/C13H18N2O4.ClH/c1-7(2)14-11(5-16)9-3-8(17)4-10-13(9)19-6-12(18)15-10;/h3-4,7,11,14,16-17H,5-6H2,1-2H3,(H,15,18);1H. The van der Waals surface area contributed by atoms with Crippen molar-refractivity contribution >= 4 is 24.0 Å². The number of phenols is 1. The zero-order valence-corrected chi connectivity index (χ0v) is 12.2. The van der Waals surface area contributed by atoms with Gasteiger partial charge < -0.3 is 25.6 Å². The predicted octanol–water partition coefficient (Wildman–Crippen LogP) is 1.18. The van der Waals surface area contributed by atoms with Gasteiger partial charge in [0.05, 0.1) is 18.3 Å². The van der Waals surface area contributed by atoms with Crippen LogP contribution >= 0.6 is 12.4 Å². The Labute approximate surface area is 123 Å². The number of carbonyl (C=O) groups is 1. The highest BCUT2D eigenvalue weighted by atomic mass is 35.5. The first kappa shape index (κ1) is 16.6. The number of aliphatic hydroxyl groups is 1. The van der Waals surface area contributed by atoms with Gasteiger partial charge in [-0.15, -0.1) is 12.4 Å². The van der Waals surface area contributed by atoms with Crippen molar-refractivity contribution in [2.75, 3.05) is 18.5 Å². The van der Waals surface area contributed by atoms with Crippen LogP contribution in [0.1, 0.15) is 25.5 Å². The molecule has 1 aromatic rings. The summed E-state index contributed by atoms with van der Waals surface area (Å²) in [6, 6.07) is 2.76. The molecule has 6 nitrogen and oxygen atoms in total. The zero-order valence-electron chi connectivity index (χ0n) is 11.3. The first-order valence-corrected chi connectivity index (χ1v) is 6.17. The molecule has 1 aromatic carbocycles. The monoisotopic (exact) mass is 302 g/mol. The lowest BCUT2D eigenvalue weighted by Crippen LogP contribution is -2.32. The van der Waals surface area contributed by atoms with Crippen molar-refractivity contribution in [2.45, 2.75) is 25.9 Å². The number of benzene rings is 1. The summed E-state index contributed by atoms with van der Waals surface area (Å²) < 4.78 is 5.41. The van der Waals surface area contributed by atoms with E-state index in [1.54, 1.807) is 0 Å². The maximum atomic E-state index is 11.3. The number of fused-ring (bicyclic) bond motifs is 1. The van der Waals surface area contributed by atoms with Gasteiger partial charge in [0.2, 0.25) is 0 Å². The van der Waals surface area contributed by atoms with Gasteiger partial charge in [0.1, 0.15) is 11.5 Å². The molecule has 0 spiro atoms. The second kappa shape index (κ2) is 6.78. The lowest BCUT2D eigenvalue weighted by Gasteiger charge is -2.26. The summed E-state index contributed by atoms with van der Waals surface area (Å²) in [5.41, 5.74) is 1.06. The fourth-order valence-corrected chi connectivity index (χ4v) is 2.12. The average Bonchev–Trinajstić information content (AvgIpc) is 2.34. The molecular weight excluding hydrogens is 284 g/mol. The van der Waals surface area contributed by atoms with Gasteiger partial charge in [-0.2, -0.15) is 0 Å². The summed E-state index contributed by atoms with van der Waals surface area (Å²) in [6.45, 7) is 3.72. The third-order valence-electron chi connectivity index (χ3n) is 2.82. The molecule has 1 unspecified atom stereocenters. The molecule has 112 valence electrons. The van der Waals surface area contributed by atoms with Crippen molar-refractivity contribution in [3.05, 3.63) is 17.7 Å². The van der Waals surface area contributed by atoms with Gasteiger partial charge in [-0.25, -0.2) is 0 Å². The fraction of sp³-hybridized carbons (Fsp3) is 0.462. The van der Waals surface area contributed by atoms with E-state index in [0.29, 0.717) is 17.0 Å². The normalized spacial score (nSPS) is 14.9. The lowest BCUT2D eigenvalue weighted by molar-refractivity contribution is -0.118. The number of hydrogen-bond acceptors (Lipinski definition) is 5. The molecule has 4 N–H and O–H groups in total. The summed E-state index contributed by atoms with van der Waals surface area (Å²) in [5, 5.41) is 25.0. The van der Waals surface area contributed by atoms with Crippen LogP contribution in [-0.2, 0) is 4.79 Å². The maximum absolute atomic E-state index is 11.3. The third-order valence-corrected chi connectivity index (χ3v) is 2.82. The van der Waals surface area contributed by atoms with Crippen LogP contribution < -0.4 is 15.4 Å². The molecule has 0 aromatic heterocycles. The minimum atomic E-state index is -0.365. The number of rotatable bonds is 4. The van der Waals surface area contributed by atoms with Gasteiger partial charge in [0.15, 0.2) is 6.61 Å². The van der Waals surface area contributed by atoms with Crippen LogP contribution in [0.4, 0.5) is 5.69 Å². The van der Waals surface area contributed by atoms with Crippen LogP contribution in [0, 0.1) is 0 Å². The van der Waals surface area contributed by atoms with Gasteiger partial charge in [0, 0.05) is 17.7 Å². The average molecular weight is 303 g/mol. The van der Waals surface area contributed by atoms with Gasteiger partial charge in [-0.3, -0.25) is 4.79 Å². The first-order chi connectivity index (χ1) is 9.01. The quantitative estimate of drug-likeness (QED) is 0.670. The van der Waals surface area contributed by atoms with E-state index in [9.17, 15) is 15.0 Å². The number of aliphatic hydroxyl groups excluding tert-OH is 1. The molecule has 1 atom stereocenters. The minimum absolute atomic E-state index is 0. The summed E-state index contributed by atoms with van der Waals surface area (Å²) in [6.07, 6.45) is 0. The Kier molecular flexibility index (Phi) is 5.62. The minimum Gasteiger partial charge on any atom is -0.508 e. The lowest BCUT2D eigenvalue weighted by atomic mass is 10.0. The highest BCUT2D eigenvalue weighted by Crippen LogP contribution is 2.38. The Bertz CT molecular complexity index is 494. The van der Waals surface area contributed by atoms with E-state index < -0.39 is 0 Å². The van der Waals surface area contributed by atoms with Crippen LogP contribution in [0.5, 0.6) is 11.5 Å². The van der Waals surface area contributed by atoms with Crippen LogP contribution in [0.2, 0.25) is 0 Å². The number of nitrogens with one attached hydrogen (secondary N) is 2. The Morgan fingerprint density at radius 3 is 2.75 bits per heavy atom. The van der Waals surface area contributed by atoms with E-state index in [0.717, 1.165) is 0 Å². The van der Waals surface area contributed by atoms with Gasteiger partial charge in [-0.05, 0) is 6.07 Å². The second-order valence-electron chi connectivity index (χ2n) is 4.81. The molecule has 0 radical (unpaired) electrons. The van der Waals surface area contributed by atoms with Crippen LogP contribution in [0.25, 0.3) is 0 Å². The fourth-order valence-electron chi connectivity index (χ4n) is 2.12. The number of halogens is 1. The number of hydrogen-bond donors (Lipinski definition) is 4. The summed E-state index contributed by atoms with van der Waals surface area (Å²) in [5.74, 6) is 0.245. The molecular formula is C13H19ClN2O4. The van der Waals surface area contributed by atoms with Crippen molar-refractivity contribution in [1.82, 2.24) is 5.32 Å². The molecule has 0 saturated carbocycles. The van der Waals surface area contributed by atoms with Crippen LogP contribution in [0.15, 0.2) is 12.1 Å². The molecule has 20 heavy (non-hydrogen) atoms. The highest BCUT2D eigenvalue weighted by molar-refractivity contribution is 5.96. The number of anilines is 1. The molecule has 1 heterocycles. The smallest absolute Gasteiger partial charge is 0.262 e. The molecule has 0 bridgehead atoms. The Morgan fingerprint density at radius 1 is 1.45 bits per heavy atom. The van der Waals surface area contributed by atoms with E-state index in [-0.39, 0.29) is 49.4 Å². The van der Waals surface area contributed by atoms with E-state index in [4.69, 9.17) is 4.74 Å². The molecule has 2 rings (SSSR count). The third kappa shape index (κ3) is 3.53. The number of aromatic hydroxyl groups is 1. The second-order valence-corrected chi connectivity index (χ2v) is 4.81. The largest absolute Gasteiger partial charge is 0.508 e. The van der Waals surface area contributed by atoms with Gasteiger partial charge >= 0.3 is 0 Å². The Morgan fingerprint density at radius 2 is 2.15 bits per heavy atom. The molecule has 0 fully saturated rings. The van der Waals surface area contributed by atoms with Crippen molar-refractivity contribution in [2.24, 2.45) is 0 Å². The van der Waals surface area contributed by atoms with E-state index in [2.05, 4.69) is 10.6 Å². The molecule has 1 aliphatic rings. The van der Waals surface area contributed by atoms with Gasteiger partial charge in [-0.1, -0.05) is 13.8 Å². The number of carbonyl (C=O) groups excluding carboxylic acids is 1. The summed E-state index contributed by atoms with van der Waals surface area (Å²) in [7, 11) is 0. The van der Waals surface area contributed by atoms with E-state index in [1.165, 1.54) is 12.1 Å². The van der Waals surface area contributed by atoms with Crippen LogP contribution in [-0.4, -0.2) is 35.4 Å². The highest BCUT2D eigenvalue weighted by Gasteiger charge is 2.25. The van der Waals surface area contributed by atoms with Gasteiger partial charge in [0.25, 0.3) is 5.91 Å². The molecule has 1 amide bonds. The Balaban J connectivity index is 0.00000200. The molecule has 0 aliphatic carbocycles. The molecule has 1 aliphatic heterocycles. The van der Waals surface area contributed by atoms with Crippen molar-refractivity contribution in [3.63, 3.8) is 0 Å². The van der Waals surface area contributed by atoms with Crippen LogP contribution in [0.3, 0.4) is 0 Å². The van der Waals surface area contributed by atoms with E-state index >= 15 is 0 Å². The zero-order chi connectivity index (χ0) is 14.0. The number of amides is 1. The van der Waals surface area contributed by atoms with Crippen molar-refractivity contribution in [3.8, 4) is 11.5 Å². The molecule has 7 heteroatoms. The Hall–Kier alpha value is -1.50. The first-order valence-electron chi connectivity index (χ1n) is 6.17. The SMILES string of the molecule is CC(C)NC(CO)c1cc(O)cc2c1OCC(=O)N2.Cl. The van der Waals surface area contributed by atoms with E-state index in [1.807, 2.05) is 13.8 Å². The van der Waals surface area contributed by atoms with Crippen molar-refractivity contribution in [1.29, 1.82) is 0 Å². The predicted molar refractivity (Wildman–Crippen MR) is 77.6 cm³/mol. The molecule has 0 saturated heterocycles. The maximum Gasteiger partial charge on any atom is 0.262 e. The number of phenolic OH excluding ortho intramolecular Hbond substituents is 1. The summed E-state index contributed by atoms with van der Waals surface area (Å²) >= 11 is 0. The topological polar surface area (TPSA) is 90.8 Å². The summed E-state index contributed by atoms with van der Waals surface area (Å²) in [4.78, 5) is 11.3.